The minimum absolute atomic E-state index is 0.0450. The van der Waals surface area contributed by atoms with E-state index in [1.54, 1.807) is 36.5 Å². The average Bonchev–Trinajstić information content (AvgIpc) is 3.32. The Balaban J connectivity index is 2.71. The first kappa shape index (κ1) is 65.6. The van der Waals surface area contributed by atoms with Crippen molar-refractivity contribution in [1.29, 1.82) is 0 Å². The standard InChI is InChI=1S/C51H82O18P2/c1-3-5-7-8-9-10-11-12-13-14-15-16-17-18-22-25-31-37-44(54)65-39-43(40-66-71(63,64)69-51-48(58)46(56)47(57)50(49(51)59)68-70(60,61)62)67-45(55)38-32-26-30-36-42(53)35-29-24-21-19-20-23-28-34-41(52)33-27-6-4-2/h6,9-10,12-13,15-16,20-21,23-24,27-30,34-36,41-43,46-53,56-59H,3-5,7-8,11,14,17-19,22,25-26,31-33,37-40H2,1-2H3,(H,63,64)(H2,60,61,62)/b10-9-,13-12-,16-15-,23-20-,24-21-,27-6-,34-28+,35-29+,36-30-/t41-,42-,43+,46?,47?,48?,49?,50+,51-/m0/s1. The zero-order valence-corrected chi connectivity index (χ0v) is 43.1. The van der Waals surface area contributed by atoms with Gasteiger partial charge in [-0.25, -0.2) is 9.13 Å². The first-order chi connectivity index (χ1) is 33.9. The summed E-state index contributed by atoms with van der Waals surface area (Å²) in [5.74, 6) is -1.43. The number of hydrogen-bond donors (Lipinski definition) is 9. The third-order valence-corrected chi connectivity index (χ3v) is 12.0. The van der Waals surface area contributed by atoms with Crippen molar-refractivity contribution in [1.82, 2.24) is 0 Å². The third kappa shape index (κ3) is 34.6. The third-order valence-electron chi connectivity index (χ3n) is 10.5. The lowest BCUT2D eigenvalue weighted by molar-refractivity contribution is -0.216. The number of hydrogen-bond acceptors (Lipinski definition) is 15. The fourth-order valence-electron chi connectivity index (χ4n) is 6.65. The van der Waals surface area contributed by atoms with Gasteiger partial charge in [-0.2, -0.15) is 0 Å². The molecule has 9 N–H and O–H groups in total. The highest BCUT2D eigenvalue weighted by atomic mass is 31.2. The largest absolute Gasteiger partial charge is 0.472 e. The molecule has 71 heavy (non-hydrogen) atoms. The summed E-state index contributed by atoms with van der Waals surface area (Å²) in [6.45, 7) is 2.71. The van der Waals surface area contributed by atoms with Gasteiger partial charge < -0.3 is 54.8 Å². The average molecular weight is 1050 g/mol. The Bertz CT molecular complexity index is 1820. The summed E-state index contributed by atoms with van der Waals surface area (Å²) in [6, 6.07) is 0. The summed E-state index contributed by atoms with van der Waals surface area (Å²) in [4.78, 5) is 54.4. The minimum atomic E-state index is -5.40. The van der Waals surface area contributed by atoms with Crippen LogP contribution < -0.4 is 0 Å². The van der Waals surface area contributed by atoms with Crippen molar-refractivity contribution in [3.63, 3.8) is 0 Å². The van der Waals surface area contributed by atoms with Crippen LogP contribution in [0.5, 0.6) is 0 Å². The molecule has 0 aromatic rings. The SMILES string of the molecule is CC/C=C\C[C@H](O)/C=C/C=C\C/C=C\C=C\[C@H](O)/C=C\CCCC(=O)O[C@H](COC(=O)CCCCCC/C=C\C/C=C\C/C=C\CCCCC)COP(=O)(O)O[C@H]1C(O)C(O)C(O)[C@@H](OP(=O)(O)O)C1O. The van der Waals surface area contributed by atoms with Crippen molar-refractivity contribution in [3.8, 4) is 0 Å². The molecule has 1 fully saturated rings. The Kier molecular flexibility index (Phi) is 37.0. The van der Waals surface area contributed by atoms with Gasteiger partial charge in [-0.15, -0.1) is 0 Å². The van der Waals surface area contributed by atoms with E-state index in [0.29, 0.717) is 25.7 Å². The maximum absolute atomic E-state index is 13.0. The normalized spacial score (nSPS) is 22.7. The molecule has 10 atom stereocenters. The van der Waals surface area contributed by atoms with Gasteiger partial charge in [0.25, 0.3) is 0 Å². The predicted molar refractivity (Wildman–Crippen MR) is 271 cm³/mol. The second kappa shape index (κ2) is 40.0. The molecule has 1 aliphatic carbocycles. The molecule has 0 bridgehead atoms. The molecule has 0 aromatic heterocycles. The van der Waals surface area contributed by atoms with Crippen molar-refractivity contribution in [2.75, 3.05) is 13.2 Å². The number of aliphatic hydroxyl groups excluding tert-OH is 6. The first-order valence-corrected chi connectivity index (χ1v) is 27.7. The molecule has 0 aliphatic heterocycles. The van der Waals surface area contributed by atoms with Crippen LogP contribution >= 0.6 is 15.6 Å². The van der Waals surface area contributed by atoms with E-state index < -0.39 is 95.7 Å². The second-order valence-corrected chi connectivity index (χ2v) is 19.4. The number of carbonyl (C=O) groups is 2. The van der Waals surface area contributed by atoms with Crippen LogP contribution in [0.25, 0.3) is 0 Å². The Morgan fingerprint density at radius 2 is 1.11 bits per heavy atom. The maximum Gasteiger partial charge on any atom is 0.472 e. The van der Waals surface area contributed by atoms with Crippen LogP contribution in [0.15, 0.2) is 109 Å². The van der Waals surface area contributed by atoms with E-state index >= 15 is 0 Å². The molecule has 0 amide bonds. The molecule has 1 rings (SSSR count). The molecule has 0 heterocycles. The Morgan fingerprint density at radius 3 is 1.75 bits per heavy atom. The monoisotopic (exact) mass is 1040 g/mol. The molecule has 20 heteroatoms. The van der Waals surface area contributed by atoms with Crippen LogP contribution in [0.3, 0.4) is 0 Å². The van der Waals surface area contributed by atoms with Crippen LogP contribution in [0.1, 0.15) is 129 Å². The number of phosphoric ester groups is 2. The van der Waals surface area contributed by atoms with Crippen molar-refractivity contribution in [2.24, 2.45) is 0 Å². The molecule has 404 valence electrons. The van der Waals surface area contributed by atoms with Gasteiger partial charge in [0.05, 0.1) is 18.8 Å². The Hall–Kier alpha value is -3.42. The van der Waals surface area contributed by atoms with E-state index in [4.69, 9.17) is 18.5 Å². The second-order valence-electron chi connectivity index (χ2n) is 16.8. The molecular formula is C51H82O18P2. The lowest BCUT2D eigenvalue weighted by atomic mass is 9.85. The number of carbonyl (C=O) groups excluding carboxylic acids is 2. The maximum atomic E-state index is 13.0. The van der Waals surface area contributed by atoms with E-state index in [2.05, 4.69) is 47.9 Å². The predicted octanol–water partition coefficient (Wildman–Crippen LogP) is 7.67. The smallest absolute Gasteiger partial charge is 0.462 e. The summed E-state index contributed by atoms with van der Waals surface area (Å²) in [5, 5.41) is 61.4. The van der Waals surface area contributed by atoms with Crippen LogP contribution in [-0.2, 0) is 41.8 Å². The Morgan fingerprint density at radius 1 is 0.549 bits per heavy atom. The molecule has 0 radical (unpaired) electrons. The molecule has 1 saturated carbocycles. The fraction of sp³-hybridized carbons (Fsp3) is 0.608. The summed E-state index contributed by atoms with van der Waals surface area (Å²) in [6.07, 6.45) is 31.0. The fourth-order valence-corrected chi connectivity index (χ4v) is 8.19. The summed E-state index contributed by atoms with van der Waals surface area (Å²) >= 11 is 0. The van der Waals surface area contributed by atoms with Gasteiger partial charge in [0.2, 0.25) is 0 Å². The highest BCUT2D eigenvalue weighted by molar-refractivity contribution is 7.47. The highest BCUT2D eigenvalue weighted by Crippen LogP contribution is 2.49. The van der Waals surface area contributed by atoms with E-state index in [1.165, 1.54) is 25.3 Å². The highest BCUT2D eigenvalue weighted by Gasteiger charge is 2.54. The number of rotatable bonds is 39. The van der Waals surface area contributed by atoms with Gasteiger partial charge in [-0.1, -0.05) is 149 Å². The van der Waals surface area contributed by atoms with Crippen LogP contribution in [0.4, 0.5) is 0 Å². The number of ether oxygens (including phenoxy) is 2. The van der Waals surface area contributed by atoms with E-state index in [9.17, 15) is 64.0 Å². The molecule has 0 saturated heterocycles. The van der Waals surface area contributed by atoms with Crippen molar-refractivity contribution >= 4 is 27.6 Å². The molecule has 1 aliphatic rings. The first-order valence-electron chi connectivity index (χ1n) is 24.7. The van der Waals surface area contributed by atoms with Crippen molar-refractivity contribution in [2.45, 2.75) is 184 Å². The molecular weight excluding hydrogens is 962 g/mol. The van der Waals surface area contributed by atoms with Crippen LogP contribution in [0, 0.1) is 0 Å². The zero-order chi connectivity index (χ0) is 52.8. The molecule has 5 unspecified atom stereocenters. The zero-order valence-electron chi connectivity index (χ0n) is 41.3. The van der Waals surface area contributed by atoms with E-state index in [1.807, 2.05) is 37.3 Å². The number of phosphoric acid groups is 2. The summed E-state index contributed by atoms with van der Waals surface area (Å²) < 4.78 is 49.2. The number of allylic oxidation sites excluding steroid dienone is 14. The summed E-state index contributed by atoms with van der Waals surface area (Å²) in [5.41, 5.74) is 0. The van der Waals surface area contributed by atoms with Gasteiger partial charge in [-0.05, 0) is 77.0 Å². The van der Waals surface area contributed by atoms with Gasteiger partial charge in [0.15, 0.2) is 6.10 Å². The molecule has 0 spiro atoms. The van der Waals surface area contributed by atoms with Gasteiger partial charge in [0.1, 0.15) is 43.2 Å². The van der Waals surface area contributed by atoms with Gasteiger partial charge >= 0.3 is 27.6 Å². The number of esters is 2. The quantitative estimate of drug-likeness (QED) is 0.00938. The molecule has 0 aromatic carbocycles. The van der Waals surface area contributed by atoms with Crippen LogP contribution in [-0.4, -0.2) is 125 Å². The Labute approximate surface area is 420 Å². The molecule has 18 nitrogen and oxygen atoms in total. The lowest BCUT2D eigenvalue weighted by Gasteiger charge is -2.43. The number of aliphatic hydroxyl groups is 6. The van der Waals surface area contributed by atoms with Gasteiger partial charge in [-0.3, -0.25) is 23.2 Å². The van der Waals surface area contributed by atoms with Crippen molar-refractivity contribution < 1.29 is 87.1 Å². The van der Waals surface area contributed by atoms with E-state index in [-0.39, 0.29) is 19.3 Å². The van der Waals surface area contributed by atoms with Gasteiger partial charge in [0, 0.05) is 12.8 Å². The topological polar surface area (TPSA) is 296 Å². The minimum Gasteiger partial charge on any atom is -0.462 e. The van der Waals surface area contributed by atoms with E-state index in [0.717, 1.165) is 51.4 Å². The van der Waals surface area contributed by atoms with Crippen LogP contribution in [0.2, 0.25) is 0 Å². The number of unbranched alkanes of at least 4 members (excludes halogenated alkanes) is 8. The van der Waals surface area contributed by atoms with Crippen molar-refractivity contribution in [3.05, 3.63) is 109 Å². The lowest BCUT2D eigenvalue weighted by Crippen LogP contribution is -2.64. The summed E-state index contributed by atoms with van der Waals surface area (Å²) in [7, 11) is -10.8.